The van der Waals surface area contributed by atoms with Crippen LogP contribution in [0, 0.1) is 13.8 Å². The summed E-state index contributed by atoms with van der Waals surface area (Å²) in [5.41, 5.74) is 5.32. The van der Waals surface area contributed by atoms with E-state index >= 15 is 0 Å². The number of rotatable bonds is 10. The zero-order chi connectivity index (χ0) is 33.2. The lowest BCUT2D eigenvalue weighted by Gasteiger charge is -2.23. The summed E-state index contributed by atoms with van der Waals surface area (Å²) in [5, 5.41) is 9.75. The number of nitrogens with one attached hydrogen (secondary N) is 1. The highest BCUT2D eigenvalue weighted by Crippen LogP contribution is 2.40. The fourth-order valence-corrected chi connectivity index (χ4v) is 6.05. The molecule has 1 unspecified atom stereocenters. The normalized spacial score (nSPS) is 14.6. The lowest BCUT2D eigenvalue weighted by atomic mass is 10.1. The van der Waals surface area contributed by atoms with Crippen LogP contribution in [-0.2, 0) is 11.3 Å². The van der Waals surface area contributed by atoms with Gasteiger partial charge in [-0.05, 0) is 69.0 Å². The molecule has 0 spiro atoms. The third kappa shape index (κ3) is 6.02. The van der Waals surface area contributed by atoms with Gasteiger partial charge in [0.2, 0.25) is 5.88 Å². The molecule has 6 aromatic rings. The number of ether oxygens (including phenoxy) is 4. The molecule has 2 aromatic carbocycles. The van der Waals surface area contributed by atoms with Gasteiger partial charge in [0.1, 0.15) is 40.6 Å². The molecule has 246 valence electrons. The van der Waals surface area contributed by atoms with Gasteiger partial charge in [-0.1, -0.05) is 6.07 Å². The molecule has 0 saturated carbocycles. The largest absolute Gasteiger partial charge is 0.497 e. The summed E-state index contributed by atoms with van der Waals surface area (Å²) in [6.45, 7) is 5.14. The van der Waals surface area contributed by atoms with E-state index in [1.165, 1.54) is 0 Å². The van der Waals surface area contributed by atoms with Gasteiger partial charge in [-0.25, -0.2) is 14.6 Å². The maximum Gasteiger partial charge on any atom is 0.234 e. The maximum atomic E-state index is 6.85. The highest BCUT2D eigenvalue weighted by Gasteiger charge is 2.23. The van der Waals surface area contributed by atoms with Gasteiger partial charge in [0.05, 0.1) is 36.8 Å². The van der Waals surface area contributed by atoms with E-state index in [0.717, 1.165) is 59.3 Å². The Labute approximate surface area is 278 Å². The van der Waals surface area contributed by atoms with Crippen molar-refractivity contribution in [3.8, 4) is 23.1 Å². The van der Waals surface area contributed by atoms with Crippen molar-refractivity contribution in [2.75, 3.05) is 38.1 Å². The molecule has 0 radical (unpaired) electrons. The summed E-state index contributed by atoms with van der Waals surface area (Å²) >= 11 is 0. The molecule has 12 heteroatoms. The Morgan fingerprint density at radius 3 is 2.69 bits per heavy atom. The molecule has 0 amide bonds. The molecule has 1 atom stereocenters. The Bertz CT molecular complexity index is 2090. The average molecular weight is 647 g/mol. The van der Waals surface area contributed by atoms with Crippen LogP contribution >= 0.6 is 0 Å². The summed E-state index contributed by atoms with van der Waals surface area (Å²) in [7, 11) is 5.23. The van der Waals surface area contributed by atoms with Crippen molar-refractivity contribution in [2.45, 2.75) is 45.9 Å². The number of aromatic nitrogens is 6. The van der Waals surface area contributed by atoms with Gasteiger partial charge in [-0.3, -0.25) is 4.98 Å². The van der Waals surface area contributed by atoms with Crippen molar-refractivity contribution < 1.29 is 18.9 Å². The van der Waals surface area contributed by atoms with E-state index in [2.05, 4.69) is 26.3 Å². The minimum atomic E-state index is -0.106. The average Bonchev–Trinajstić information content (AvgIpc) is 3.56. The van der Waals surface area contributed by atoms with E-state index in [-0.39, 0.29) is 6.23 Å². The number of benzene rings is 2. The number of aryl methyl sites for hydroxylation is 2. The molecule has 0 bridgehead atoms. The summed E-state index contributed by atoms with van der Waals surface area (Å²) in [4.78, 5) is 20.8. The quantitative estimate of drug-likeness (QED) is 0.162. The fourth-order valence-electron chi connectivity index (χ4n) is 6.05. The summed E-state index contributed by atoms with van der Waals surface area (Å²) in [6, 6.07) is 15.7. The first-order valence-corrected chi connectivity index (χ1v) is 16.0. The van der Waals surface area contributed by atoms with Crippen LogP contribution in [0.1, 0.15) is 42.3 Å². The molecule has 5 heterocycles. The smallest absolute Gasteiger partial charge is 0.234 e. The predicted octanol–water partition coefficient (Wildman–Crippen LogP) is 7.27. The van der Waals surface area contributed by atoms with E-state index in [0.29, 0.717) is 52.2 Å². The fraction of sp³-hybridized carbons (Fsp3) is 0.306. The van der Waals surface area contributed by atoms with Crippen LogP contribution in [0.5, 0.6) is 23.1 Å². The van der Waals surface area contributed by atoms with Gasteiger partial charge in [-0.2, -0.15) is 10.1 Å². The molecule has 1 saturated heterocycles. The van der Waals surface area contributed by atoms with Crippen LogP contribution in [-0.4, -0.2) is 57.6 Å². The van der Waals surface area contributed by atoms with E-state index in [1.54, 1.807) is 26.7 Å². The van der Waals surface area contributed by atoms with Gasteiger partial charge in [0.15, 0.2) is 6.23 Å². The molecule has 12 nitrogen and oxygen atoms in total. The van der Waals surface area contributed by atoms with E-state index < -0.39 is 0 Å². The Kier molecular flexibility index (Phi) is 8.64. The minimum Gasteiger partial charge on any atom is -0.497 e. The topological polar surface area (TPSA) is 122 Å². The summed E-state index contributed by atoms with van der Waals surface area (Å²) < 4.78 is 25.9. The molecule has 1 aliphatic rings. The van der Waals surface area contributed by atoms with Crippen molar-refractivity contribution in [3.63, 3.8) is 0 Å². The van der Waals surface area contributed by atoms with Crippen LogP contribution in [0.3, 0.4) is 0 Å². The molecule has 0 aliphatic carbocycles. The van der Waals surface area contributed by atoms with Crippen LogP contribution in [0.15, 0.2) is 67.3 Å². The minimum absolute atomic E-state index is 0.106. The van der Waals surface area contributed by atoms with Crippen LogP contribution in [0.25, 0.3) is 21.8 Å². The number of hydrogen-bond acceptors (Lipinski definition) is 11. The molecular weight excluding hydrogens is 608 g/mol. The first kappa shape index (κ1) is 31.1. The third-order valence-corrected chi connectivity index (χ3v) is 8.68. The van der Waals surface area contributed by atoms with Gasteiger partial charge < -0.3 is 29.2 Å². The molecule has 4 aromatic heterocycles. The molecule has 1 N–H and O–H groups in total. The van der Waals surface area contributed by atoms with Crippen molar-refractivity contribution in [1.29, 1.82) is 0 Å². The zero-order valence-corrected chi connectivity index (χ0v) is 27.7. The first-order chi connectivity index (χ1) is 23.4. The van der Waals surface area contributed by atoms with E-state index in [1.807, 2.05) is 79.1 Å². The second-order valence-corrected chi connectivity index (χ2v) is 11.8. The summed E-state index contributed by atoms with van der Waals surface area (Å²) in [6.07, 6.45) is 8.16. The Balaban J connectivity index is 1.33. The Morgan fingerprint density at radius 1 is 1.00 bits per heavy atom. The van der Waals surface area contributed by atoms with Crippen LogP contribution < -0.4 is 24.4 Å². The maximum absolute atomic E-state index is 6.85. The second-order valence-electron chi connectivity index (χ2n) is 11.8. The number of nitrogens with zero attached hydrogens (tertiary/aromatic N) is 7. The number of pyridine rings is 2. The molecular formula is C36H38N8O4. The Morgan fingerprint density at radius 2 is 1.90 bits per heavy atom. The number of methoxy groups -OCH3 is 2. The van der Waals surface area contributed by atoms with E-state index in [4.69, 9.17) is 29.0 Å². The molecule has 1 aliphatic heterocycles. The zero-order valence-electron chi connectivity index (χ0n) is 27.7. The van der Waals surface area contributed by atoms with Gasteiger partial charge in [0.25, 0.3) is 0 Å². The lowest BCUT2D eigenvalue weighted by Crippen LogP contribution is -2.18. The summed E-state index contributed by atoms with van der Waals surface area (Å²) in [5.74, 6) is 3.67. The lowest BCUT2D eigenvalue weighted by molar-refractivity contribution is -0.0366. The van der Waals surface area contributed by atoms with Crippen molar-refractivity contribution in [1.82, 2.24) is 29.7 Å². The highest BCUT2D eigenvalue weighted by atomic mass is 16.5. The molecule has 7 rings (SSSR count). The number of hydrogen-bond donors (Lipinski definition) is 1. The third-order valence-electron chi connectivity index (χ3n) is 8.68. The van der Waals surface area contributed by atoms with Crippen LogP contribution in [0.2, 0.25) is 0 Å². The van der Waals surface area contributed by atoms with Crippen molar-refractivity contribution in [3.05, 3.63) is 84.1 Å². The van der Waals surface area contributed by atoms with Gasteiger partial charge >= 0.3 is 0 Å². The first-order valence-electron chi connectivity index (χ1n) is 16.0. The molecule has 1 fully saturated rings. The number of anilines is 3. The van der Waals surface area contributed by atoms with Gasteiger partial charge in [-0.15, -0.1) is 0 Å². The highest BCUT2D eigenvalue weighted by molar-refractivity contribution is 5.96. The standard InChI is InChI=1S/C36H38N8O4/c1-22-9-12-29-27(20-41-44(29)32-8-6-7-15-47-32)34(22)48-36-33-28(18-31(42-36)43(3)25-13-14-37-23(2)16-25)39-21-40-35(33)38-19-24-10-11-26(45-4)17-30(24)46-5/h9-14,16-18,20-21,32H,6-8,15,19H2,1-5H3,(H,38,39,40). The van der Waals surface area contributed by atoms with E-state index in [9.17, 15) is 0 Å². The second kappa shape index (κ2) is 13.3. The monoisotopic (exact) mass is 646 g/mol. The van der Waals surface area contributed by atoms with Crippen molar-refractivity contribution in [2.24, 2.45) is 0 Å². The number of fused-ring (bicyclic) bond motifs is 2. The molecule has 48 heavy (non-hydrogen) atoms. The Hall–Kier alpha value is -5.49. The van der Waals surface area contributed by atoms with Gasteiger partial charge in [0, 0.05) is 55.5 Å². The van der Waals surface area contributed by atoms with Crippen LogP contribution in [0.4, 0.5) is 17.3 Å². The predicted molar refractivity (Wildman–Crippen MR) is 185 cm³/mol. The van der Waals surface area contributed by atoms with Crippen molar-refractivity contribution >= 4 is 39.1 Å². The SMILES string of the molecule is COc1ccc(CNc2ncnc3cc(N(C)c4ccnc(C)c4)nc(Oc4c(C)ccc5c4cnn5C4CCCCO4)c23)c(OC)c1.